The lowest BCUT2D eigenvalue weighted by atomic mass is 9.99. The lowest BCUT2D eigenvalue weighted by molar-refractivity contribution is -0.302. The Kier molecular flexibility index (Phi) is 45.4. The highest BCUT2D eigenvalue weighted by Gasteiger charge is 2.44. The molecule has 1 fully saturated rings. The van der Waals surface area contributed by atoms with Gasteiger partial charge in [-0.15, -0.1) is 0 Å². The third-order valence-corrected chi connectivity index (χ3v) is 12.3. The van der Waals surface area contributed by atoms with E-state index in [0.717, 1.165) is 96.3 Å². The van der Waals surface area contributed by atoms with E-state index in [4.69, 9.17) is 9.47 Å². The molecule has 0 spiro atoms. The zero-order valence-corrected chi connectivity index (χ0v) is 44.0. The zero-order chi connectivity index (χ0) is 50.8. The highest BCUT2D eigenvalue weighted by atomic mass is 16.7. The van der Waals surface area contributed by atoms with Crippen LogP contribution in [0.1, 0.15) is 200 Å². The van der Waals surface area contributed by atoms with E-state index in [9.17, 15) is 30.3 Å². The number of nitrogens with one attached hydrogen (secondary N) is 1. The van der Waals surface area contributed by atoms with Gasteiger partial charge >= 0.3 is 0 Å². The van der Waals surface area contributed by atoms with Gasteiger partial charge in [0.2, 0.25) is 5.91 Å². The Morgan fingerprint density at radius 1 is 0.486 bits per heavy atom. The first kappa shape index (κ1) is 64.6. The third kappa shape index (κ3) is 38.3. The molecule has 0 aromatic rings. The average Bonchev–Trinajstić information content (AvgIpc) is 3.36. The molecule has 1 aliphatic rings. The minimum Gasteiger partial charge on any atom is -0.394 e. The van der Waals surface area contributed by atoms with Gasteiger partial charge in [-0.1, -0.05) is 219 Å². The van der Waals surface area contributed by atoms with Crippen LogP contribution in [-0.4, -0.2) is 87.5 Å². The van der Waals surface area contributed by atoms with E-state index in [-0.39, 0.29) is 12.5 Å². The van der Waals surface area contributed by atoms with E-state index in [0.29, 0.717) is 6.42 Å². The molecular formula is C61H101NO8. The molecule has 0 saturated carbocycles. The van der Waals surface area contributed by atoms with E-state index >= 15 is 0 Å². The van der Waals surface area contributed by atoms with Crippen LogP contribution in [0.15, 0.2) is 122 Å². The smallest absolute Gasteiger partial charge is 0.220 e. The van der Waals surface area contributed by atoms with Crippen molar-refractivity contribution in [2.24, 2.45) is 0 Å². The van der Waals surface area contributed by atoms with Crippen molar-refractivity contribution in [3.05, 3.63) is 122 Å². The van der Waals surface area contributed by atoms with Crippen LogP contribution < -0.4 is 5.32 Å². The molecule has 0 aromatic carbocycles. The number of hydrogen-bond donors (Lipinski definition) is 6. The van der Waals surface area contributed by atoms with Gasteiger partial charge in [-0.25, -0.2) is 0 Å². The molecule has 398 valence electrons. The lowest BCUT2D eigenvalue weighted by Gasteiger charge is -2.40. The van der Waals surface area contributed by atoms with Crippen LogP contribution in [0, 0.1) is 0 Å². The van der Waals surface area contributed by atoms with Crippen LogP contribution >= 0.6 is 0 Å². The fraction of sp³-hybridized carbons (Fsp3) is 0.656. The maximum atomic E-state index is 13.0. The number of amides is 1. The Balaban J connectivity index is 2.10. The van der Waals surface area contributed by atoms with E-state index in [1.807, 2.05) is 6.08 Å². The van der Waals surface area contributed by atoms with Crippen molar-refractivity contribution >= 4 is 5.91 Å². The molecule has 1 amide bonds. The fourth-order valence-corrected chi connectivity index (χ4v) is 7.94. The van der Waals surface area contributed by atoms with Crippen LogP contribution in [0.4, 0.5) is 0 Å². The molecule has 1 heterocycles. The summed E-state index contributed by atoms with van der Waals surface area (Å²) in [5.41, 5.74) is 0. The summed E-state index contributed by atoms with van der Waals surface area (Å²) in [5, 5.41) is 54.2. The first-order valence-electron chi connectivity index (χ1n) is 27.8. The molecule has 0 aliphatic carbocycles. The Labute approximate surface area is 427 Å². The minimum atomic E-state index is -1.58. The van der Waals surface area contributed by atoms with Gasteiger partial charge in [0.1, 0.15) is 24.4 Å². The van der Waals surface area contributed by atoms with Crippen molar-refractivity contribution in [2.75, 3.05) is 13.2 Å². The number of aliphatic hydroxyl groups is 5. The molecule has 6 N–H and O–H groups in total. The summed E-state index contributed by atoms with van der Waals surface area (Å²) >= 11 is 0. The van der Waals surface area contributed by atoms with E-state index in [1.165, 1.54) is 83.5 Å². The summed E-state index contributed by atoms with van der Waals surface area (Å²) in [5.74, 6) is -0.199. The van der Waals surface area contributed by atoms with Crippen molar-refractivity contribution in [3.8, 4) is 0 Å². The van der Waals surface area contributed by atoms with Gasteiger partial charge in [-0.3, -0.25) is 4.79 Å². The molecule has 0 bridgehead atoms. The second-order valence-electron chi connectivity index (χ2n) is 18.6. The highest BCUT2D eigenvalue weighted by Crippen LogP contribution is 2.23. The van der Waals surface area contributed by atoms with Crippen molar-refractivity contribution in [1.29, 1.82) is 0 Å². The van der Waals surface area contributed by atoms with E-state index in [2.05, 4.69) is 129 Å². The van der Waals surface area contributed by atoms with Gasteiger partial charge in [-0.2, -0.15) is 0 Å². The first-order chi connectivity index (χ1) is 34.3. The normalized spacial score (nSPS) is 20.4. The van der Waals surface area contributed by atoms with Gasteiger partial charge in [0, 0.05) is 6.42 Å². The van der Waals surface area contributed by atoms with E-state index in [1.54, 1.807) is 6.08 Å². The van der Waals surface area contributed by atoms with E-state index < -0.39 is 49.5 Å². The number of ether oxygens (including phenoxy) is 2. The number of aliphatic hydroxyl groups excluding tert-OH is 5. The SMILES string of the molecule is CC/C=C\C/C=C\C/C=C\C/C=C\C/C=C\C/C=C\C/C=C\CCCCCCCCCCCCCCCCCC(=O)NC(COC1OC(CO)C(O)C(O)C1O)C(O)/C=C/CC/C=C/CC/C=C/CC. The van der Waals surface area contributed by atoms with Crippen molar-refractivity contribution < 1.29 is 39.8 Å². The molecule has 9 heteroatoms. The second kappa shape index (κ2) is 49.2. The molecule has 1 saturated heterocycles. The molecule has 70 heavy (non-hydrogen) atoms. The molecule has 1 aliphatic heterocycles. The topological polar surface area (TPSA) is 149 Å². The Hall–Kier alpha value is -3.41. The van der Waals surface area contributed by atoms with Gasteiger partial charge in [0.25, 0.3) is 0 Å². The van der Waals surface area contributed by atoms with Crippen LogP contribution in [0.5, 0.6) is 0 Å². The predicted molar refractivity (Wildman–Crippen MR) is 294 cm³/mol. The Bertz CT molecular complexity index is 1510. The van der Waals surface area contributed by atoms with Crippen molar-refractivity contribution in [3.63, 3.8) is 0 Å². The van der Waals surface area contributed by atoms with Gasteiger partial charge in [0.15, 0.2) is 6.29 Å². The molecule has 7 atom stereocenters. The summed E-state index contributed by atoms with van der Waals surface area (Å²) in [6.45, 7) is 3.50. The fourth-order valence-electron chi connectivity index (χ4n) is 7.94. The second-order valence-corrected chi connectivity index (χ2v) is 18.6. The standard InChI is InChI=1S/C61H101NO8/c1-3-5-7-9-11-13-15-16-17-18-19-20-21-22-23-24-25-26-27-28-29-30-31-32-33-34-35-36-37-38-39-40-41-43-45-47-49-51-57(65)62-54(53-69-61-60(68)59(67)58(66)56(52-63)70-61)55(64)50-48-46-44-42-14-12-10-8-6-4-2/h5-8,11,13-14,16-17,19-20,22-23,25-26,28-29,42,48,50,54-56,58-61,63-64,66-68H,3-4,9-10,12,15,18,21,24,27,30-41,43-47,49,51-53H2,1-2H3,(H,62,65)/b7-5-,8-6+,13-11-,17-16-,20-19-,23-22-,26-25-,29-28-,42-14+,50-48+. The predicted octanol–water partition coefficient (Wildman–Crippen LogP) is 13.6. The quantitative estimate of drug-likeness (QED) is 0.0261. The van der Waals surface area contributed by atoms with Crippen LogP contribution in [-0.2, 0) is 14.3 Å². The molecule has 9 nitrogen and oxygen atoms in total. The summed E-state index contributed by atoms with van der Waals surface area (Å²) < 4.78 is 11.2. The molecule has 0 aromatic heterocycles. The number of carbonyl (C=O) groups is 1. The molecule has 7 unspecified atom stereocenters. The average molecular weight is 976 g/mol. The summed E-state index contributed by atoms with van der Waals surface area (Å²) in [4.78, 5) is 13.0. The van der Waals surface area contributed by atoms with Gasteiger partial charge in [-0.05, 0) is 96.3 Å². The van der Waals surface area contributed by atoms with Gasteiger partial charge in [0.05, 0.1) is 25.4 Å². The Morgan fingerprint density at radius 3 is 1.31 bits per heavy atom. The number of hydrogen-bond acceptors (Lipinski definition) is 8. The summed E-state index contributed by atoms with van der Waals surface area (Å²) in [6, 6.07) is -0.833. The lowest BCUT2D eigenvalue weighted by Crippen LogP contribution is -2.60. The summed E-state index contributed by atoms with van der Waals surface area (Å²) in [6.07, 6.45) is 67.2. The monoisotopic (exact) mass is 976 g/mol. The number of carbonyl (C=O) groups excluding carboxylic acids is 1. The Morgan fingerprint density at radius 2 is 0.857 bits per heavy atom. The molecular weight excluding hydrogens is 875 g/mol. The van der Waals surface area contributed by atoms with Crippen molar-refractivity contribution in [2.45, 2.75) is 243 Å². The van der Waals surface area contributed by atoms with Crippen LogP contribution in [0.2, 0.25) is 0 Å². The maximum Gasteiger partial charge on any atom is 0.220 e. The number of rotatable bonds is 45. The first-order valence-corrected chi connectivity index (χ1v) is 27.8. The minimum absolute atomic E-state index is 0.199. The largest absolute Gasteiger partial charge is 0.394 e. The summed E-state index contributed by atoms with van der Waals surface area (Å²) in [7, 11) is 0. The van der Waals surface area contributed by atoms with Crippen LogP contribution in [0.25, 0.3) is 0 Å². The number of allylic oxidation sites excluding steroid dienone is 19. The zero-order valence-electron chi connectivity index (χ0n) is 44.0. The highest BCUT2D eigenvalue weighted by molar-refractivity contribution is 5.76. The number of unbranched alkanes of at least 4 members (excludes halogenated alkanes) is 17. The third-order valence-electron chi connectivity index (χ3n) is 12.3. The van der Waals surface area contributed by atoms with Crippen LogP contribution in [0.3, 0.4) is 0 Å². The molecule has 0 radical (unpaired) electrons. The maximum absolute atomic E-state index is 13.0. The van der Waals surface area contributed by atoms with Crippen molar-refractivity contribution in [1.82, 2.24) is 5.32 Å². The molecule has 1 rings (SSSR count). The van der Waals surface area contributed by atoms with Gasteiger partial charge < -0.3 is 40.3 Å².